The number of benzene rings is 1. The monoisotopic (exact) mass is 354 g/mol. The summed E-state index contributed by atoms with van der Waals surface area (Å²) in [5.74, 6) is -3.48. The quantitative estimate of drug-likeness (QED) is 0.596. The third-order valence-electron chi connectivity index (χ3n) is 5.52. The number of fused-ring (bicyclic) bond motifs is 2. The molecule has 134 valence electrons. The van der Waals surface area contributed by atoms with Gasteiger partial charge in [-0.15, -0.1) is 0 Å². The van der Waals surface area contributed by atoms with E-state index in [1.165, 1.54) is 13.8 Å². The standard InChI is InChI=1S/C20H18O6/c1-9(21)25-19-13-7-8-14(20(19)26-10(2)22)16-15(13)17(23)11-5-3-4-6-12(11)18(16)24/h3-8,13-16,19-20H,1-2H3/t13-,14+,15+,16-,19-,20-/m0/s1. The summed E-state index contributed by atoms with van der Waals surface area (Å²) in [7, 11) is 0. The molecule has 4 aliphatic carbocycles. The number of hydrogen-bond donors (Lipinski definition) is 0. The first kappa shape index (κ1) is 16.7. The van der Waals surface area contributed by atoms with Crippen molar-refractivity contribution in [3.05, 3.63) is 47.5 Å². The minimum absolute atomic E-state index is 0.122. The second kappa shape index (κ2) is 5.90. The molecule has 0 aromatic heterocycles. The molecule has 2 bridgehead atoms. The Morgan fingerprint density at radius 3 is 1.50 bits per heavy atom. The summed E-state index contributed by atoms with van der Waals surface area (Å²) in [6.07, 6.45) is 2.10. The number of hydrogen-bond acceptors (Lipinski definition) is 6. The fraction of sp³-hybridized carbons (Fsp3) is 0.400. The summed E-state index contributed by atoms with van der Waals surface area (Å²) in [6, 6.07) is 6.77. The predicted octanol–water partition coefficient (Wildman–Crippen LogP) is 1.98. The number of ketones is 2. The van der Waals surface area contributed by atoms with Crippen LogP contribution < -0.4 is 0 Å². The molecule has 26 heavy (non-hydrogen) atoms. The van der Waals surface area contributed by atoms with Crippen LogP contribution in [0.1, 0.15) is 34.6 Å². The molecule has 0 radical (unpaired) electrons. The van der Waals surface area contributed by atoms with Gasteiger partial charge in [0.25, 0.3) is 0 Å². The number of carbonyl (C=O) groups is 4. The third-order valence-corrected chi connectivity index (χ3v) is 5.52. The summed E-state index contributed by atoms with van der Waals surface area (Å²) in [5, 5.41) is 0. The number of carbonyl (C=O) groups excluding carboxylic acids is 4. The molecule has 0 aliphatic heterocycles. The Bertz CT molecular complexity index is 785. The van der Waals surface area contributed by atoms with Gasteiger partial charge in [0.2, 0.25) is 0 Å². The lowest BCUT2D eigenvalue weighted by Gasteiger charge is -2.52. The lowest BCUT2D eigenvalue weighted by molar-refractivity contribution is -0.184. The van der Waals surface area contributed by atoms with E-state index in [2.05, 4.69) is 0 Å². The summed E-state index contributed by atoms with van der Waals surface area (Å²) in [5.41, 5.74) is 0.815. The highest BCUT2D eigenvalue weighted by Crippen LogP contribution is 2.51. The van der Waals surface area contributed by atoms with Crippen LogP contribution in [0.15, 0.2) is 36.4 Å². The first-order valence-electron chi connectivity index (χ1n) is 8.60. The van der Waals surface area contributed by atoms with Crippen LogP contribution in [-0.2, 0) is 19.1 Å². The molecule has 5 rings (SSSR count). The van der Waals surface area contributed by atoms with Gasteiger partial charge < -0.3 is 9.47 Å². The van der Waals surface area contributed by atoms with Crippen LogP contribution in [0.2, 0.25) is 0 Å². The number of rotatable bonds is 2. The highest BCUT2D eigenvalue weighted by molar-refractivity contribution is 6.16. The summed E-state index contributed by atoms with van der Waals surface area (Å²) < 4.78 is 10.9. The van der Waals surface area contributed by atoms with Crippen molar-refractivity contribution >= 4 is 23.5 Å². The average molecular weight is 354 g/mol. The normalized spacial score (nSPS) is 34.1. The van der Waals surface area contributed by atoms with Crippen molar-refractivity contribution < 1.29 is 28.7 Å². The van der Waals surface area contributed by atoms with Crippen molar-refractivity contribution in [2.45, 2.75) is 26.1 Å². The number of Topliss-reactive ketones (excluding diaryl/α,β-unsaturated/α-hetero) is 2. The molecule has 0 unspecified atom stereocenters. The molecule has 6 nitrogen and oxygen atoms in total. The van der Waals surface area contributed by atoms with Gasteiger partial charge in [0, 0.05) is 48.6 Å². The van der Waals surface area contributed by atoms with Gasteiger partial charge >= 0.3 is 11.9 Å². The van der Waals surface area contributed by atoms with Gasteiger partial charge in [0.15, 0.2) is 11.6 Å². The Morgan fingerprint density at radius 1 is 0.769 bits per heavy atom. The van der Waals surface area contributed by atoms with E-state index in [1.54, 1.807) is 24.3 Å². The Morgan fingerprint density at radius 2 is 1.15 bits per heavy atom. The lowest BCUT2D eigenvalue weighted by Crippen LogP contribution is -2.61. The highest BCUT2D eigenvalue weighted by atomic mass is 16.6. The molecule has 0 amide bonds. The maximum atomic E-state index is 13.1. The molecule has 1 aromatic rings. The fourth-order valence-corrected chi connectivity index (χ4v) is 4.66. The van der Waals surface area contributed by atoms with E-state index in [0.717, 1.165) is 0 Å². The number of esters is 2. The van der Waals surface area contributed by atoms with Gasteiger partial charge in [-0.25, -0.2) is 0 Å². The van der Waals surface area contributed by atoms with Gasteiger partial charge in [0.1, 0.15) is 12.2 Å². The predicted molar refractivity (Wildman–Crippen MR) is 89.3 cm³/mol. The van der Waals surface area contributed by atoms with Crippen molar-refractivity contribution in [2.24, 2.45) is 23.7 Å². The van der Waals surface area contributed by atoms with Gasteiger partial charge in [-0.2, -0.15) is 0 Å². The topological polar surface area (TPSA) is 86.7 Å². The zero-order valence-electron chi connectivity index (χ0n) is 14.4. The van der Waals surface area contributed by atoms with Crippen LogP contribution in [0, 0.1) is 23.7 Å². The summed E-state index contributed by atoms with van der Waals surface area (Å²) in [4.78, 5) is 49.4. The Kier molecular flexibility index (Phi) is 3.79. The lowest BCUT2D eigenvalue weighted by atomic mass is 9.54. The van der Waals surface area contributed by atoms with E-state index in [0.29, 0.717) is 11.1 Å². The van der Waals surface area contributed by atoms with Crippen molar-refractivity contribution in [1.29, 1.82) is 0 Å². The van der Waals surface area contributed by atoms with Crippen LogP contribution in [0.4, 0.5) is 0 Å². The third kappa shape index (κ3) is 2.32. The van der Waals surface area contributed by atoms with E-state index in [4.69, 9.17) is 9.47 Å². The fourth-order valence-electron chi connectivity index (χ4n) is 4.66. The van der Waals surface area contributed by atoms with Crippen molar-refractivity contribution in [1.82, 2.24) is 0 Å². The molecule has 6 heteroatoms. The van der Waals surface area contributed by atoms with Crippen LogP contribution >= 0.6 is 0 Å². The van der Waals surface area contributed by atoms with Crippen molar-refractivity contribution in [2.75, 3.05) is 0 Å². The largest absolute Gasteiger partial charge is 0.458 e. The summed E-state index contributed by atoms with van der Waals surface area (Å²) in [6.45, 7) is 2.55. The molecule has 1 aromatic carbocycles. The van der Waals surface area contributed by atoms with Gasteiger partial charge in [-0.3, -0.25) is 19.2 Å². The van der Waals surface area contributed by atoms with Crippen molar-refractivity contribution in [3.63, 3.8) is 0 Å². The first-order valence-corrected chi connectivity index (χ1v) is 8.60. The SMILES string of the molecule is CC(=O)O[C@H]1[C@H]2C=C[C@@H]([C@@H]1OC(C)=O)[C@@H]1C(=O)c3ccccc3C(=O)[C@H]21. The maximum Gasteiger partial charge on any atom is 0.303 e. The molecule has 0 spiro atoms. The molecule has 1 fully saturated rings. The minimum atomic E-state index is -0.769. The van der Waals surface area contributed by atoms with Crippen LogP contribution in [0.3, 0.4) is 0 Å². The minimum Gasteiger partial charge on any atom is -0.458 e. The van der Waals surface area contributed by atoms with Gasteiger partial charge in [0.05, 0.1) is 0 Å². The van der Waals surface area contributed by atoms with Crippen LogP contribution in [-0.4, -0.2) is 35.7 Å². The molecule has 1 saturated carbocycles. The van der Waals surface area contributed by atoms with Crippen LogP contribution in [0.5, 0.6) is 0 Å². The van der Waals surface area contributed by atoms with Gasteiger partial charge in [-0.05, 0) is 0 Å². The molecule has 4 aliphatic rings. The second-order valence-electron chi connectivity index (χ2n) is 7.01. The summed E-state index contributed by atoms with van der Waals surface area (Å²) >= 11 is 0. The number of ether oxygens (including phenoxy) is 2. The maximum absolute atomic E-state index is 13.1. The molecular weight excluding hydrogens is 336 g/mol. The van der Waals surface area contributed by atoms with E-state index in [1.807, 2.05) is 12.2 Å². The molecule has 6 atom stereocenters. The molecule has 0 saturated heterocycles. The average Bonchev–Trinajstić information content (AvgIpc) is 2.60. The molecule has 0 heterocycles. The van der Waals surface area contributed by atoms with Gasteiger partial charge in [-0.1, -0.05) is 36.4 Å². The second-order valence-corrected chi connectivity index (χ2v) is 7.01. The van der Waals surface area contributed by atoms with E-state index >= 15 is 0 Å². The Labute approximate surface area is 150 Å². The Balaban J connectivity index is 1.82. The highest BCUT2D eigenvalue weighted by Gasteiger charge is 2.61. The first-order chi connectivity index (χ1) is 12.4. The molecular formula is C20H18O6. The van der Waals surface area contributed by atoms with E-state index < -0.39 is 47.8 Å². The van der Waals surface area contributed by atoms with Crippen LogP contribution in [0.25, 0.3) is 0 Å². The Hall–Kier alpha value is -2.76. The smallest absolute Gasteiger partial charge is 0.303 e. The molecule has 0 N–H and O–H groups in total. The van der Waals surface area contributed by atoms with E-state index in [9.17, 15) is 19.2 Å². The van der Waals surface area contributed by atoms with E-state index in [-0.39, 0.29) is 11.6 Å². The van der Waals surface area contributed by atoms with Crippen molar-refractivity contribution in [3.8, 4) is 0 Å². The zero-order valence-corrected chi connectivity index (χ0v) is 14.4. The zero-order chi connectivity index (χ0) is 18.6.